The van der Waals surface area contributed by atoms with Gasteiger partial charge in [0.15, 0.2) is 0 Å². The molecule has 0 amide bonds. The van der Waals surface area contributed by atoms with Crippen molar-refractivity contribution in [3.63, 3.8) is 0 Å². The molecule has 0 aromatic carbocycles. The molecular weight excluding hydrogens is 399 g/mol. The summed E-state index contributed by atoms with van der Waals surface area (Å²) in [7, 11) is -0.373. The summed E-state index contributed by atoms with van der Waals surface area (Å²) < 4.78 is 0.763. The van der Waals surface area contributed by atoms with Gasteiger partial charge in [-0.3, -0.25) is 0 Å². The Balaban J connectivity index is 0.00000113. The van der Waals surface area contributed by atoms with Gasteiger partial charge in [0.25, 0.3) is 0 Å². The van der Waals surface area contributed by atoms with Crippen molar-refractivity contribution >= 4 is 13.6 Å². The van der Waals surface area contributed by atoms with Gasteiger partial charge in [-0.2, -0.15) is 0 Å². The Hall–Kier alpha value is 0.341. The number of allylic oxidation sites excluding steroid dienone is 8. The SMILES string of the molecule is CC1=C(C23C(=[Si](C)C)CCCC2C2C=CC=CC2[CH]3[Ti+2])CC=C1.[Cl-].[Cl-]. The van der Waals surface area contributed by atoms with Crippen molar-refractivity contribution < 1.29 is 45.2 Å². The van der Waals surface area contributed by atoms with E-state index in [1.807, 2.05) is 5.17 Å². The third kappa shape index (κ3) is 3.03. The van der Waals surface area contributed by atoms with E-state index in [1.165, 1.54) is 25.7 Å². The number of fused-ring (bicyclic) bond motifs is 3. The second-order valence-corrected chi connectivity index (χ2v) is 11.6. The van der Waals surface area contributed by atoms with Gasteiger partial charge in [0.1, 0.15) is 0 Å². The van der Waals surface area contributed by atoms with Crippen molar-refractivity contribution in [2.24, 2.45) is 23.2 Å². The summed E-state index contributed by atoms with van der Waals surface area (Å²) in [5, 5.41) is 1.97. The maximum atomic E-state index is 2.58. The molecule has 0 nitrogen and oxygen atoms in total. The van der Waals surface area contributed by atoms with Gasteiger partial charge >= 0.3 is 155 Å². The molecule has 4 rings (SSSR count). The van der Waals surface area contributed by atoms with Crippen LogP contribution in [0.15, 0.2) is 47.6 Å². The predicted octanol–water partition coefficient (Wildman–Crippen LogP) is -0.727. The summed E-state index contributed by atoms with van der Waals surface area (Å²) in [5.74, 6) is 2.37. The van der Waals surface area contributed by atoms with E-state index < -0.39 is 0 Å². The van der Waals surface area contributed by atoms with Gasteiger partial charge in [-0.25, -0.2) is 0 Å². The fraction of sp³-hybridized carbons (Fsp3) is 0.571. The topological polar surface area (TPSA) is 0 Å². The van der Waals surface area contributed by atoms with Crippen LogP contribution < -0.4 is 24.8 Å². The quantitative estimate of drug-likeness (QED) is 0.486. The van der Waals surface area contributed by atoms with Crippen molar-refractivity contribution in [1.82, 2.24) is 0 Å². The molecule has 0 heterocycles. The molecule has 133 valence electrons. The fourth-order valence-electron chi connectivity index (χ4n) is 6.12. The molecule has 5 atom stereocenters. The van der Waals surface area contributed by atoms with E-state index in [0.29, 0.717) is 5.41 Å². The van der Waals surface area contributed by atoms with Gasteiger partial charge in [-0.15, -0.1) is 0 Å². The van der Waals surface area contributed by atoms with E-state index in [2.05, 4.69) is 76.9 Å². The van der Waals surface area contributed by atoms with Crippen LogP contribution in [-0.4, -0.2) is 13.6 Å². The normalized spacial score (nSPS) is 38.2. The second kappa shape index (κ2) is 8.15. The summed E-state index contributed by atoms with van der Waals surface area (Å²) in [6.45, 7) is 7.46. The van der Waals surface area contributed by atoms with Crippen molar-refractivity contribution in [1.29, 1.82) is 0 Å². The minimum Gasteiger partial charge on any atom is -1.00 e. The summed E-state index contributed by atoms with van der Waals surface area (Å²) in [5.41, 5.74) is 3.78. The zero-order chi connectivity index (χ0) is 16.2. The molecule has 0 saturated heterocycles. The largest absolute Gasteiger partial charge is 1.00 e. The summed E-state index contributed by atoms with van der Waals surface area (Å²) in [6, 6.07) is 0. The van der Waals surface area contributed by atoms with E-state index >= 15 is 0 Å². The van der Waals surface area contributed by atoms with Gasteiger partial charge in [0.05, 0.1) is 0 Å². The molecule has 25 heavy (non-hydrogen) atoms. The van der Waals surface area contributed by atoms with E-state index in [9.17, 15) is 0 Å². The molecule has 0 bridgehead atoms. The molecule has 0 radical (unpaired) electrons. The first-order chi connectivity index (χ1) is 11.1. The van der Waals surface area contributed by atoms with E-state index in [-0.39, 0.29) is 33.2 Å². The summed E-state index contributed by atoms with van der Waals surface area (Å²) >= 11 is 2.58. The van der Waals surface area contributed by atoms with Crippen LogP contribution in [0, 0.1) is 23.2 Å². The molecule has 2 fully saturated rings. The number of halogens is 2. The Kier molecular flexibility index (Phi) is 7.05. The van der Waals surface area contributed by atoms with Crippen LogP contribution in [0.5, 0.6) is 0 Å². The molecule has 0 spiro atoms. The Morgan fingerprint density at radius 3 is 2.40 bits per heavy atom. The molecule has 2 saturated carbocycles. The number of hydrogen-bond acceptors (Lipinski definition) is 0. The minimum atomic E-state index is -0.373. The van der Waals surface area contributed by atoms with Gasteiger partial charge in [0, 0.05) is 0 Å². The van der Waals surface area contributed by atoms with Crippen molar-refractivity contribution in [3.05, 3.63) is 47.6 Å². The average Bonchev–Trinajstić information content (AvgIpc) is 3.09. The average molecular weight is 426 g/mol. The Bertz CT molecular complexity index is 680. The van der Waals surface area contributed by atoms with Crippen molar-refractivity contribution in [2.45, 2.75) is 49.9 Å². The van der Waals surface area contributed by atoms with Crippen LogP contribution in [-0.2, 0) is 20.4 Å². The Labute approximate surface area is 178 Å². The molecule has 0 aromatic heterocycles. The standard InChI is InChI=1S/C21H27Si.2ClH.Ti/c1-15-8-6-11-18(15)21-14-16-9-4-5-10-17(16)19(21)12-7-13-20(21)22(2)3;;;/h4-6,8-10,14,16-17,19H,7,11-13H2,1-3H3;2*1H;/q;;;+2/p-2. The molecule has 4 aliphatic carbocycles. The van der Waals surface area contributed by atoms with Crippen LogP contribution >= 0.6 is 0 Å². The first-order valence-corrected chi connectivity index (χ1v) is 12.6. The van der Waals surface area contributed by atoms with Gasteiger partial charge < -0.3 is 24.8 Å². The first-order valence-electron chi connectivity index (χ1n) is 9.18. The second-order valence-electron chi connectivity index (χ2n) is 8.02. The number of rotatable bonds is 1. The molecular formula is C21H27Cl2SiTi. The van der Waals surface area contributed by atoms with E-state index in [4.69, 9.17) is 0 Å². The fourth-order valence-corrected chi connectivity index (χ4v) is 9.74. The van der Waals surface area contributed by atoms with Crippen LogP contribution in [0.25, 0.3) is 0 Å². The van der Waals surface area contributed by atoms with Crippen molar-refractivity contribution in [2.75, 3.05) is 0 Å². The molecule has 4 heteroatoms. The third-order valence-corrected chi connectivity index (χ3v) is 10.0. The molecule has 0 aliphatic heterocycles. The van der Waals surface area contributed by atoms with Gasteiger partial charge in [-0.05, 0) is 0 Å². The monoisotopic (exact) mass is 425 g/mol. The Morgan fingerprint density at radius 1 is 1.12 bits per heavy atom. The zero-order valence-corrected chi connectivity index (χ0v) is 19.4. The number of hydrogen-bond donors (Lipinski definition) is 0. The smallest absolute Gasteiger partial charge is 1.00 e. The first kappa shape index (κ1) is 21.6. The third-order valence-electron chi connectivity index (χ3n) is 6.86. The van der Waals surface area contributed by atoms with E-state index in [1.54, 1.807) is 11.1 Å². The maximum Gasteiger partial charge on any atom is -1.00 e. The summed E-state index contributed by atoms with van der Waals surface area (Å²) in [6.07, 6.45) is 20.0. The van der Waals surface area contributed by atoms with Crippen LogP contribution in [0.2, 0.25) is 17.3 Å². The molecule has 0 aromatic rings. The minimum absolute atomic E-state index is 0. The molecule has 4 aliphatic rings. The summed E-state index contributed by atoms with van der Waals surface area (Å²) in [4.78, 5) is 0. The van der Waals surface area contributed by atoms with Crippen LogP contribution in [0.3, 0.4) is 0 Å². The van der Waals surface area contributed by atoms with E-state index in [0.717, 1.165) is 22.0 Å². The Morgan fingerprint density at radius 2 is 1.80 bits per heavy atom. The van der Waals surface area contributed by atoms with Gasteiger partial charge in [0.2, 0.25) is 0 Å². The van der Waals surface area contributed by atoms with Crippen molar-refractivity contribution in [3.8, 4) is 0 Å². The zero-order valence-electron chi connectivity index (χ0n) is 15.4. The van der Waals surface area contributed by atoms with Crippen LogP contribution in [0.4, 0.5) is 0 Å². The molecule has 0 N–H and O–H groups in total. The maximum absolute atomic E-state index is 2.58. The molecule has 5 unspecified atom stereocenters. The van der Waals surface area contributed by atoms with Gasteiger partial charge in [-0.1, -0.05) is 0 Å². The predicted molar refractivity (Wildman–Crippen MR) is 97.7 cm³/mol. The van der Waals surface area contributed by atoms with Crippen LogP contribution in [0.1, 0.15) is 32.6 Å².